The van der Waals surface area contributed by atoms with Gasteiger partial charge in [0.15, 0.2) is 0 Å². The maximum absolute atomic E-state index is 9.76. The summed E-state index contributed by atoms with van der Waals surface area (Å²) in [6.07, 6.45) is 0. The van der Waals surface area contributed by atoms with Crippen molar-refractivity contribution < 1.29 is 5.11 Å². The number of rotatable bonds is 2. The lowest BCUT2D eigenvalue weighted by molar-refractivity contribution is 0.400. The van der Waals surface area contributed by atoms with Crippen molar-refractivity contribution in [1.82, 2.24) is 4.98 Å². The van der Waals surface area contributed by atoms with Crippen molar-refractivity contribution in [3.8, 4) is 6.07 Å². The summed E-state index contributed by atoms with van der Waals surface area (Å²) >= 11 is 7.13. The van der Waals surface area contributed by atoms with E-state index in [4.69, 9.17) is 16.9 Å². The first kappa shape index (κ1) is 11.9. The molecule has 3 nitrogen and oxygen atoms in total. The number of hydrogen-bond acceptors (Lipinski definition) is 4. The van der Waals surface area contributed by atoms with Crippen LogP contribution in [0, 0.1) is 11.3 Å². The topological polar surface area (TPSA) is 56.9 Å². The number of aliphatic hydroxyl groups is 1. The average molecular weight is 265 g/mol. The van der Waals surface area contributed by atoms with Crippen LogP contribution in [0.4, 0.5) is 0 Å². The highest BCUT2D eigenvalue weighted by atomic mass is 35.5. The third kappa shape index (κ3) is 2.26. The zero-order valence-corrected chi connectivity index (χ0v) is 10.6. The van der Waals surface area contributed by atoms with E-state index < -0.39 is 5.38 Å². The van der Waals surface area contributed by atoms with Crippen molar-refractivity contribution in [1.29, 1.82) is 5.26 Å². The molecule has 1 aromatic heterocycles. The first-order chi connectivity index (χ1) is 8.13. The van der Waals surface area contributed by atoms with Gasteiger partial charge in [-0.1, -0.05) is 12.1 Å². The van der Waals surface area contributed by atoms with Gasteiger partial charge in [-0.3, -0.25) is 0 Å². The molecule has 0 spiro atoms. The molecular weight excluding hydrogens is 256 g/mol. The maximum Gasteiger partial charge on any atom is 0.138 e. The number of aliphatic hydroxyl groups excluding tert-OH is 1. The second kappa shape index (κ2) is 4.74. The van der Waals surface area contributed by atoms with E-state index in [0.717, 1.165) is 10.2 Å². The number of nitrogens with zero attached hydrogens (tertiary/aromatic N) is 2. The second-order valence-electron chi connectivity index (χ2n) is 3.47. The second-order valence-corrected chi connectivity index (χ2v) is 5.16. The first-order valence-electron chi connectivity index (χ1n) is 4.96. The molecule has 86 valence electrons. The van der Waals surface area contributed by atoms with Crippen LogP contribution in [-0.4, -0.2) is 15.5 Å². The molecule has 0 unspecified atom stereocenters. The molecule has 0 radical (unpaired) electrons. The zero-order chi connectivity index (χ0) is 12.4. The van der Waals surface area contributed by atoms with E-state index >= 15 is 0 Å². The van der Waals surface area contributed by atoms with Gasteiger partial charge in [-0.2, -0.15) is 5.26 Å². The Morgan fingerprint density at radius 3 is 2.82 bits per heavy atom. The Labute approximate surface area is 108 Å². The highest BCUT2D eigenvalue weighted by Gasteiger charge is 2.16. The van der Waals surface area contributed by atoms with Gasteiger partial charge in [-0.15, -0.1) is 22.9 Å². The molecule has 0 aliphatic carbocycles. The predicted octanol–water partition coefficient (Wildman–Crippen LogP) is 3.72. The Morgan fingerprint density at radius 1 is 1.53 bits per heavy atom. The van der Waals surface area contributed by atoms with E-state index in [9.17, 15) is 5.11 Å². The smallest absolute Gasteiger partial charge is 0.138 e. The highest BCUT2D eigenvalue weighted by Crippen LogP contribution is 2.29. The first-order valence-corrected chi connectivity index (χ1v) is 6.22. The van der Waals surface area contributed by atoms with Gasteiger partial charge >= 0.3 is 0 Å². The summed E-state index contributed by atoms with van der Waals surface area (Å²) in [5.74, 6) is -0.131. The van der Waals surface area contributed by atoms with Gasteiger partial charge < -0.3 is 5.11 Å². The third-order valence-corrected chi connectivity index (χ3v) is 3.51. The number of thiazole rings is 1. The molecule has 1 atom stereocenters. The highest BCUT2D eigenvalue weighted by molar-refractivity contribution is 7.19. The number of nitriles is 1. The third-order valence-electron chi connectivity index (χ3n) is 2.25. The monoisotopic (exact) mass is 264 g/mol. The summed E-state index contributed by atoms with van der Waals surface area (Å²) in [5.41, 5.74) is 0.962. The molecule has 0 amide bonds. The Morgan fingerprint density at radius 2 is 2.24 bits per heavy atom. The van der Waals surface area contributed by atoms with E-state index in [-0.39, 0.29) is 11.3 Å². The normalized spacial score (nSPS) is 14.2. The van der Waals surface area contributed by atoms with E-state index in [1.165, 1.54) is 11.3 Å². The molecule has 1 aromatic carbocycles. The summed E-state index contributed by atoms with van der Waals surface area (Å²) in [4.78, 5) is 4.31. The zero-order valence-electron chi connectivity index (χ0n) is 9.01. The van der Waals surface area contributed by atoms with Crippen LogP contribution < -0.4 is 0 Å². The van der Waals surface area contributed by atoms with E-state index in [1.54, 1.807) is 6.92 Å². The summed E-state index contributed by atoms with van der Waals surface area (Å²) in [6.45, 7) is 1.61. The van der Waals surface area contributed by atoms with Crippen molar-refractivity contribution >= 4 is 38.7 Å². The average Bonchev–Trinajstić information content (AvgIpc) is 2.72. The van der Waals surface area contributed by atoms with Crippen LogP contribution in [0.2, 0.25) is 0 Å². The van der Waals surface area contributed by atoms with Crippen LogP contribution in [0.5, 0.6) is 0 Å². The number of aromatic nitrogens is 1. The quantitative estimate of drug-likeness (QED) is 0.511. The Balaban J connectivity index is 2.60. The van der Waals surface area contributed by atoms with Crippen molar-refractivity contribution in [2.75, 3.05) is 0 Å². The number of para-hydroxylation sites is 1. The molecule has 0 aliphatic rings. The van der Waals surface area contributed by atoms with Gasteiger partial charge in [0.25, 0.3) is 0 Å². The molecule has 5 heteroatoms. The Hall–Kier alpha value is -1.57. The molecule has 0 bridgehead atoms. The molecule has 0 saturated heterocycles. The fraction of sp³-hybridized carbons (Fsp3) is 0.167. The molecule has 2 aromatic rings. The van der Waals surface area contributed by atoms with Gasteiger partial charge in [0.05, 0.1) is 15.6 Å². The van der Waals surface area contributed by atoms with Gasteiger partial charge in [0.1, 0.15) is 22.4 Å². The fourth-order valence-electron chi connectivity index (χ4n) is 1.39. The number of hydrogen-bond donors (Lipinski definition) is 1. The van der Waals surface area contributed by atoms with Crippen molar-refractivity contribution in [3.63, 3.8) is 0 Å². The number of fused-ring (bicyclic) bond motifs is 1. The molecule has 0 fully saturated rings. The van der Waals surface area contributed by atoms with E-state index in [1.807, 2.05) is 30.3 Å². The van der Waals surface area contributed by atoms with E-state index in [2.05, 4.69) is 4.98 Å². The number of benzene rings is 1. The fourth-order valence-corrected chi connectivity index (χ4v) is 2.47. The van der Waals surface area contributed by atoms with Crippen LogP contribution in [0.1, 0.15) is 11.9 Å². The van der Waals surface area contributed by atoms with Crippen LogP contribution in [0.15, 0.2) is 30.0 Å². The van der Waals surface area contributed by atoms with Gasteiger partial charge in [0, 0.05) is 0 Å². The predicted molar refractivity (Wildman–Crippen MR) is 70.1 cm³/mol. The summed E-state index contributed by atoms with van der Waals surface area (Å²) in [6, 6.07) is 9.53. The van der Waals surface area contributed by atoms with Crippen LogP contribution >= 0.6 is 22.9 Å². The number of halogens is 1. The number of alkyl halides is 1. The molecule has 17 heavy (non-hydrogen) atoms. The maximum atomic E-state index is 9.76. The van der Waals surface area contributed by atoms with Crippen molar-refractivity contribution in [2.45, 2.75) is 12.3 Å². The Bertz CT molecular complexity index is 592. The summed E-state index contributed by atoms with van der Waals surface area (Å²) < 4.78 is 0.977. The number of allylic oxidation sites excluding steroid dienone is 2. The molecule has 1 N–H and O–H groups in total. The van der Waals surface area contributed by atoms with Crippen molar-refractivity contribution in [2.24, 2.45) is 0 Å². The molecule has 0 aliphatic heterocycles. The largest absolute Gasteiger partial charge is 0.509 e. The SMILES string of the molecule is C[C@@H](Cl)C(O)=C(C#N)c1nc2ccccc2s1. The summed E-state index contributed by atoms with van der Waals surface area (Å²) in [7, 11) is 0. The molecular formula is C12H9ClN2OS. The molecule has 0 saturated carbocycles. The molecule has 2 rings (SSSR count). The Kier molecular flexibility index (Phi) is 3.32. The minimum absolute atomic E-state index is 0.131. The lowest BCUT2D eigenvalue weighted by Crippen LogP contribution is -1.99. The minimum Gasteiger partial charge on any atom is -0.509 e. The lowest BCUT2D eigenvalue weighted by atomic mass is 10.2. The lowest BCUT2D eigenvalue weighted by Gasteiger charge is -2.02. The minimum atomic E-state index is -0.600. The van der Waals surface area contributed by atoms with Crippen LogP contribution in [0.3, 0.4) is 0 Å². The van der Waals surface area contributed by atoms with Crippen LogP contribution in [-0.2, 0) is 0 Å². The standard InChI is InChI=1S/C12H9ClN2OS/c1-7(13)11(16)8(6-14)12-15-9-4-2-3-5-10(9)17-12/h2-5,7,16H,1H3/t7-/m1/s1. The van der Waals surface area contributed by atoms with Crippen LogP contribution in [0.25, 0.3) is 15.8 Å². The van der Waals surface area contributed by atoms with Gasteiger partial charge in [0.2, 0.25) is 0 Å². The summed E-state index contributed by atoms with van der Waals surface area (Å²) in [5, 5.41) is 18.7. The van der Waals surface area contributed by atoms with Gasteiger partial charge in [-0.05, 0) is 19.1 Å². The van der Waals surface area contributed by atoms with E-state index in [0.29, 0.717) is 5.01 Å². The van der Waals surface area contributed by atoms with Crippen molar-refractivity contribution in [3.05, 3.63) is 35.0 Å². The van der Waals surface area contributed by atoms with Gasteiger partial charge in [-0.25, -0.2) is 4.98 Å². The molecule has 1 heterocycles.